The van der Waals surface area contributed by atoms with Crippen LogP contribution in [-0.2, 0) is 10.4 Å². The Hall–Kier alpha value is -2.00. The summed E-state index contributed by atoms with van der Waals surface area (Å²) in [7, 11) is 0. The second-order valence-electron chi connectivity index (χ2n) is 7.07. The number of nitrogens with one attached hydrogen (secondary N) is 2. The average molecular weight is 368 g/mol. The van der Waals surface area contributed by atoms with E-state index in [1.165, 1.54) is 24.3 Å². The molecule has 3 aliphatic rings. The summed E-state index contributed by atoms with van der Waals surface area (Å²) >= 11 is 0. The van der Waals surface area contributed by atoms with Gasteiger partial charge in [-0.3, -0.25) is 4.79 Å². The SMILES string of the molecule is O=C(NCC1NCC12CCOCC2)c1cccc(C2(C(F)(F)F)N=N2)c1. The van der Waals surface area contributed by atoms with Crippen molar-refractivity contribution in [3.63, 3.8) is 0 Å². The van der Waals surface area contributed by atoms with Crippen LogP contribution in [0.5, 0.6) is 0 Å². The van der Waals surface area contributed by atoms with Crippen molar-refractivity contribution in [1.29, 1.82) is 0 Å². The minimum Gasteiger partial charge on any atom is -0.381 e. The van der Waals surface area contributed by atoms with Crippen LogP contribution in [0.4, 0.5) is 13.2 Å². The fourth-order valence-electron chi connectivity index (χ4n) is 3.74. The number of amides is 1. The monoisotopic (exact) mass is 368 g/mol. The molecule has 1 aromatic carbocycles. The van der Waals surface area contributed by atoms with Crippen LogP contribution in [0.1, 0.15) is 28.8 Å². The number of hydrogen-bond acceptors (Lipinski definition) is 5. The summed E-state index contributed by atoms with van der Waals surface area (Å²) < 4.78 is 44.8. The van der Waals surface area contributed by atoms with Crippen molar-refractivity contribution in [2.24, 2.45) is 15.6 Å². The van der Waals surface area contributed by atoms with E-state index in [-0.39, 0.29) is 22.6 Å². The minimum absolute atomic E-state index is 0.139. The maximum Gasteiger partial charge on any atom is 0.442 e. The molecule has 0 saturated carbocycles. The van der Waals surface area contributed by atoms with Gasteiger partial charge in [-0.1, -0.05) is 12.1 Å². The van der Waals surface area contributed by atoms with Gasteiger partial charge in [0.2, 0.25) is 0 Å². The molecule has 2 N–H and O–H groups in total. The van der Waals surface area contributed by atoms with Crippen molar-refractivity contribution in [2.45, 2.75) is 30.7 Å². The second kappa shape index (κ2) is 6.02. The topological polar surface area (TPSA) is 75.1 Å². The third-order valence-corrected chi connectivity index (χ3v) is 5.62. The number of halogens is 3. The Bertz CT molecular complexity index is 738. The van der Waals surface area contributed by atoms with E-state index in [9.17, 15) is 18.0 Å². The van der Waals surface area contributed by atoms with Gasteiger partial charge < -0.3 is 15.4 Å². The molecule has 6 nitrogen and oxygen atoms in total. The summed E-state index contributed by atoms with van der Waals surface area (Å²) in [5.41, 5.74) is -2.33. The van der Waals surface area contributed by atoms with Crippen LogP contribution in [0, 0.1) is 5.41 Å². The van der Waals surface area contributed by atoms with Gasteiger partial charge in [0.25, 0.3) is 5.91 Å². The highest BCUT2D eigenvalue weighted by molar-refractivity contribution is 5.94. The Balaban J connectivity index is 1.41. The third-order valence-electron chi connectivity index (χ3n) is 5.62. The molecule has 140 valence electrons. The van der Waals surface area contributed by atoms with E-state index < -0.39 is 17.7 Å². The molecule has 3 heterocycles. The zero-order valence-electron chi connectivity index (χ0n) is 14.0. The Labute approximate surface area is 148 Å². The molecule has 26 heavy (non-hydrogen) atoms. The van der Waals surface area contributed by atoms with Crippen molar-refractivity contribution < 1.29 is 22.7 Å². The highest BCUT2D eigenvalue weighted by Gasteiger charge is 2.65. The number of carbonyl (C=O) groups excluding carboxylic acids is 1. The normalized spacial score (nSPS) is 25.6. The van der Waals surface area contributed by atoms with Gasteiger partial charge in [-0.25, -0.2) is 0 Å². The number of ether oxygens (including phenoxy) is 1. The summed E-state index contributed by atoms with van der Waals surface area (Å²) in [6.07, 6.45) is -2.70. The molecular weight excluding hydrogens is 349 g/mol. The lowest BCUT2D eigenvalue weighted by Gasteiger charge is -2.52. The van der Waals surface area contributed by atoms with Gasteiger partial charge in [0.15, 0.2) is 0 Å². The fraction of sp³-hybridized carbons (Fsp3) is 0.588. The third kappa shape index (κ3) is 2.79. The van der Waals surface area contributed by atoms with E-state index in [0.717, 1.165) is 32.6 Å². The van der Waals surface area contributed by atoms with Gasteiger partial charge >= 0.3 is 11.8 Å². The van der Waals surface area contributed by atoms with E-state index in [1.54, 1.807) is 0 Å². The van der Waals surface area contributed by atoms with Crippen molar-refractivity contribution in [3.05, 3.63) is 35.4 Å². The van der Waals surface area contributed by atoms with Crippen LogP contribution in [0.2, 0.25) is 0 Å². The van der Waals surface area contributed by atoms with Crippen LogP contribution in [-0.4, -0.2) is 44.4 Å². The highest BCUT2D eigenvalue weighted by atomic mass is 19.4. The standard InChI is InChI=1S/C17H19F3N4O2/c18-17(19,20)16(23-24-16)12-3-1-2-11(8-12)14(25)21-9-13-15(10-22-13)4-6-26-7-5-15/h1-3,8,13,22H,4-7,9-10H2,(H,21,25). The summed E-state index contributed by atoms with van der Waals surface area (Å²) in [5, 5.41) is 12.5. The molecule has 3 aliphatic heterocycles. The lowest BCUT2D eigenvalue weighted by atomic mass is 9.68. The minimum atomic E-state index is -4.60. The first kappa shape index (κ1) is 17.4. The van der Waals surface area contributed by atoms with E-state index in [1.807, 2.05) is 0 Å². The number of carbonyl (C=O) groups is 1. The molecule has 1 aromatic rings. The van der Waals surface area contributed by atoms with Gasteiger partial charge in [-0.2, -0.15) is 13.2 Å². The molecule has 0 aliphatic carbocycles. The van der Waals surface area contributed by atoms with Crippen LogP contribution in [0.25, 0.3) is 0 Å². The summed E-state index contributed by atoms with van der Waals surface area (Å²) in [6.45, 7) is 2.78. The molecule has 1 amide bonds. The molecule has 0 bridgehead atoms. The predicted octanol–water partition coefficient (Wildman–Crippen LogP) is 2.37. The van der Waals surface area contributed by atoms with E-state index in [4.69, 9.17) is 4.74 Å². The molecule has 9 heteroatoms. The van der Waals surface area contributed by atoms with E-state index in [0.29, 0.717) is 6.54 Å². The summed E-state index contributed by atoms with van der Waals surface area (Å²) in [5.74, 6) is -0.402. The largest absolute Gasteiger partial charge is 0.442 e. The van der Waals surface area contributed by atoms with Crippen molar-refractivity contribution in [3.8, 4) is 0 Å². The predicted molar refractivity (Wildman–Crippen MR) is 85.6 cm³/mol. The molecule has 1 atom stereocenters. The lowest BCUT2D eigenvalue weighted by Crippen LogP contribution is -2.67. The van der Waals surface area contributed by atoms with Gasteiger partial charge in [0.1, 0.15) is 0 Å². The number of hydrogen-bond donors (Lipinski definition) is 2. The van der Waals surface area contributed by atoms with Crippen LogP contribution >= 0.6 is 0 Å². The van der Waals surface area contributed by atoms with Crippen molar-refractivity contribution in [2.75, 3.05) is 26.3 Å². The summed E-state index contributed by atoms with van der Waals surface area (Å²) in [4.78, 5) is 12.4. The Morgan fingerprint density at radius 3 is 2.62 bits per heavy atom. The second-order valence-corrected chi connectivity index (χ2v) is 7.07. The number of benzene rings is 1. The first-order chi connectivity index (χ1) is 12.4. The number of nitrogens with zero attached hydrogens (tertiary/aromatic N) is 2. The molecule has 4 rings (SSSR count). The fourth-order valence-corrected chi connectivity index (χ4v) is 3.74. The molecule has 2 saturated heterocycles. The Kier molecular flexibility index (Phi) is 4.03. The zero-order valence-corrected chi connectivity index (χ0v) is 14.0. The van der Waals surface area contributed by atoms with Crippen LogP contribution in [0.3, 0.4) is 0 Å². The molecule has 2 fully saturated rings. The molecule has 1 spiro atoms. The van der Waals surface area contributed by atoms with Gasteiger partial charge in [0, 0.05) is 48.9 Å². The first-order valence-corrected chi connectivity index (χ1v) is 8.57. The maximum atomic E-state index is 13.1. The van der Waals surface area contributed by atoms with Crippen molar-refractivity contribution >= 4 is 5.91 Å². The molecular formula is C17H19F3N4O2. The Morgan fingerprint density at radius 1 is 1.31 bits per heavy atom. The van der Waals surface area contributed by atoms with Gasteiger partial charge in [-0.05, 0) is 25.0 Å². The molecule has 0 aromatic heterocycles. The zero-order chi connectivity index (χ0) is 18.4. The first-order valence-electron chi connectivity index (χ1n) is 8.57. The summed E-state index contributed by atoms with van der Waals surface area (Å²) in [6, 6.07) is 5.57. The van der Waals surface area contributed by atoms with E-state index in [2.05, 4.69) is 20.9 Å². The quantitative estimate of drug-likeness (QED) is 0.857. The Morgan fingerprint density at radius 2 is 2.04 bits per heavy atom. The average Bonchev–Trinajstić information content (AvgIpc) is 3.43. The maximum absolute atomic E-state index is 13.1. The van der Waals surface area contributed by atoms with E-state index >= 15 is 0 Å². The highest BCUT2D eigenvalue weighted by Crippen LogP contribution is 2.52. The lowest BCUT2D eigenvalue weighted by molar-refractivity contribution is -0.166. The number of rotatable bonds is 4. The molecule has 0 radical (unpaired) electrons. The van der Waals surface area contributed by atoms with Crippen molar-refractivity contribution in [1.82, 2.24) is 10.6 Å². The number of alkyl halides is 3. The molecule has 1 unspecified atom stereocenters. The smallest absolute Gasteiger partial charge is 0.381 e. The van der Waals surface area contributed by atoms with Gasteiger partial charge in [-0.15, -0.1) is 10.2 Å². The van der Waals surface area contributed by atoms with Gasteiger partial charge in [0.05, 0.1) is 0 Å². The van der Waals surface area contributed by atoms with Crippen LogP contribution in [0.15, 0.2) is 34.5 Å². The van der Waals surface area contributed by atoms with Crippen LogP contribution < -0.4 is 10.6 Å².